The maximum Gasteiger partial charge on any atom is 0.435 e. The van der Waals surface area contributed by atoms with Gasteiger partial charge in [-0.15, -0.1) is 0 Å². The van der Waals surface area contributed by atoms with Crippen LogP contribution in [0.25, 0.3) is 0 Å². The van der Waals surface area contributed by atoms with Crippen LogP contribution in [0.5, 0.6) is 0 Å². The third-order valence-corrected chi connectivity index (χ3v) is 5.54. The Morgan fingerprint density at radius 1 is 0.976 bits per heavy atom. The monoisotopic (exact) mass is 592 g/mol. The summed E-state index contributed by atoms with van der Waals surface area (Å²) in [5.74, 6) is -0.806. The lowest BCUT2D eigenvalue weighted by Gasteiger charge is -2.28. The molecular weight excluding hydrogens is 553 g/mol. The standard InChI is InChI=1S/C25H39F3N6O7/c1-23(2,3)40-21(37)29-11-14(12-30-22(38)41-24(4,5)6)31-20(36)32-16-10-8-9-15-18(16)34(13-17(35)39-7)33-19(15)25(26,27)28/h14,16H,8-13H2,1-7H3,(H,29,37)(H,30,38)(H2,31,32,36). The molecule has 1 unspecified atom stereocenters. The molecule has 0 saturated carbocycles. The minimum absolute atomic E-state index is 0.0550. The topological polar surface area (TPSA) is 162 Å². The van der Waals surface area contributed by atoms with Gasteiger partial charge in [0.1, 0.15) is 17.7 Å². The SMILES string of the molecule is COC(=O)Cn1nc(C(F)(F)F)c2c1C(NC(=O)NC(CNC(=O)OC(C)(C)C)CNC(=O)OC(C)(C)C)CCC2. The molecule has 232 valence electrons. The molecule has 1 aliphatic rings. The largest absolute Gasteiger partial charge is 0.468 e. The highest BCUT2D eigenvalue weighted by atomic mass is 19.4. The van der Waals surface area contributed by atoms with Gasteiger partial charge in [0, 0.05) is 18.7 Å². The Bertz CT molecular complexity index is 1080. The number of esters is 1. The van der Waals surface area contributed by atoms with E-state index in [1.54, 1.807) is 41.5 Å². The summed E-state index contributed by atoms with van der Waals surface area (Å²) in [6.45, 7) is 9.15. The highest BCUT2D eigenvalue weighted by Crippen LogP contribution is 2.39. The average Bonchev–Trinajstić information content (AvgIpc) is 3.18. The molecular formula is C25H39F3N6O7. The van der Waals surface area contributed by atoms with Gasteiger partial charge in [0.25, 0.3) is 0 Å². The highest BCUT2D eigenvalue weighted by molar-refractivity contribution is 5.75. The second-order valence-corrected chi connectivity index (χ2v) is 11.5. The Balaban J connectivity index is 2.21. The van der Waals surface area contributed by atoms with Gasteiger partial charge in [0.15, 0.2) is 5.69 Å². The predicted molar refractivity (Wildman–Crippen MR) is 139 cm³/mol. The molecule has 1 aliphatic carbocycles. The van der Waals surface area contributed by atoms with Gasteiger partial charge in [-0.2, -0.15) is 18.3 Å². The molecule has 2 rings (SSSR count). The van der Waals surface area contributed by atoms with Crippen LogP contribution in [0.15, 0.2) is 0 Å². The third kappa shape index (κ3) is 11.0. The quantitative estimate of drug-likeness (QED) is 0.264. The zero-order valence-corrected chi connectivity index (χ0v) is 24.3. The van der Waals surface area contributed by atoms with E-state index in [0.29, 0.717) is 6.42 Å². The van der Waals surface area contributed by atoms with E-state index >= 15 is 0 Å². The fourth-order valence-electron chi connectivity index (χ4n) is 4.05. The molecule has 0 spiro atoms. The number of methoxy groups -OCH3 is 1. The van der Waals surface area contributed by atoms with Gasteiger partial charge < -0.3 is 35.5 Å². The maximum absolute atomic E-state index is 13.7. The lowest BCUT2D eigenvalue weighted by molar-refractivity contribution is -0.144. The molecule has 0 bridgehead atoms. The van der Waals surface area contributed by atoms with Gasteiger partial charge in [-0.1, -0.05) is 0 Å². The van der Waals surface area contributed by atoms with Crippen LogP contribution in [0.3, 0.4) is 0 Å². The Hall–Kier alpha value is -3.72. The number of rotatable bonds is 8. The number of hydrogen-bond acceptors (Lipinski definition) is 8. The summed E-state index contributed by atoms with van der Waals surface area (Å²) in [5, 5.41) is 13.9. The van der Waals surface area contributed by atoms with Crippen LogP contribution in [0, 0.1) is 0 Å². The normalized spacial score (nSPS) is 15.4. The molecule has 0 radical (unpaired) electrons. The average molecular weight is 593 g/mol. The number of ether oxygens (including phenoxy) is 3. The first-order valence-corrected chi connectivity index (χ1v) is 13.0. The van der Waals surface area contributed by atoms with Crippen LogP contribution < -0.4 is 21.3 Å². The van der Waals surface area contributed by atoms with Crippen molar-refractivity contribution >= 4 is 24.2 Å². The number of carbonyl (C=O) groups excluding carboxylic acids is 4. The van der Waals surface area contributed by atoms with Crippen molar-refractivity contribution in [3.8, 4) is 0 Å². The van der Waals surface area contributed by atoms with Crippen molar-refractivity contribution in [3.63, 3.8) is 0 Å². The molecule has 13 nitrogen and oxygen atoms in total. The summed E-state index contributed by atoms with van der Waals surface area (Å²) < 4.78 is 57.0. The highest BCUT2D eigenvalue weighted by Gasteiger charge is 2.42. The van der Waals surface area contributed by atoms with E-state index in [1.165, 1.54) is 0 Å². The van der Waals surface area contributed by atoms with E-state index in [4.69, 9.17) is 9.47 Å². The Morgan fingerprint density at radius 2 is 1.51 bits per heavy atom. The van der Waals surface area contributed by atoms with Crippen LogP contribution in [0.1, 0.15) is 77.4 Å². The van der Waals surface area contributed by atoms with Gasteiger partial charge in [-0.25, -0.2) is 14.4 Å². The van der Waals surface area contributed by atoms with E-state index < -0.39 is 65.9 Å². The van der Waals surface area contributed by atoms with Gasteiger partial charge in [0.2, 0.25) is 0 Å². The first kappa shape index (κ1) is 33.5. The molecule has 4 N–H and O–H groups in total. The van der Waals surface area contributed by atoms with Crippen molar-refractivity contribution in [2.24, 2.45) is 0 Å². The lowest BCUT2D eigenvalue weighted by Crippen LogP contribution is -2.53. The zero-order chi connectivity index (χ0) is 31.2. The number of urea groups is 1. The number of nitrogens with one attached hydrogen (secondary N) is 4. The number of nitrogens with zero attached hydrogens (tertiary/aromatic N) is 2. The minimum atomic E-state index is -4.76. The Morgan fingerprint density at radius 3 is 1.98 bits per heavy atom. The summed E-state index contributed by atoms with van der Waals surface area (Å²) >= 11 is 0. The Kier molecular flexibility index (Phi) is 10.9. The number of carbonyl (C=O) groups is 4. The van der Waals surface area contributed by atoms with Gasteiger partial charge >= 0.3 is 30.4 Å². The van der Waals surface area contributed by atoms with E-state index in [0.717, 1.165) is 11.8 Å². The first-order valence-electron chi connectivity index (χ1n) is 13.0. The summed E-state index contributed by atoms with van der Waals surface area (Å²) in [5.41, 5.74) is -2.73. The number of halogens is 3. The van der Waals surface area contributed by atoms with Crippen molar-refractivity contribution in [2.45, 2.75) is 96.8 Å². The van der Waals surface area contributed by atoms with Crippen molar-refractivity contribution in [2.75, 3.05) is 20.2 Å². The van der Waals surface area contributed by atoms with E-state index in [2.05, 4.69) is 31.1 Å². The molecule has 0 aromatic carbocycles. The van der Waals surface area contributed by atoms with Gasteiger partial charge in [-0.3, -0.25) is 9.48 Å². The number of alkyl carbamates (subject to hydrolysis) is 2. The minimum Gasteiger partial charge on any atom is -0.468 e. The Labute approximate surface area is 236 Å². The molecule has 41 heavy (non-hydrogen) atoms. The molecule has 1 heterocycles. The zero-order valence-electron chi connectivity index (χ0n) is 24.3. The van der Waals surface area contributed by atoms with Crippen molar-refractivity contribution in [1.29, 1.82) is 0 Å². The maximum atomic E-state index is 13.7. The van der Waals surface area contributed by atoms with Crippen molar-refractivity contribution in [1.82, 2.24) is 31.0 Å². The molecule has 4 amide bonds. The molecule has 0 saturated heterocycles. The predicted octanol–water partition coefficient (Wildman–Crippen LogP) is 3.17. The van der Waals surface area contributed by atoms with Crippen LogP contribution in [-0.4, -0.2) is 71.4 Å². The number of aromatic nitrogens is 2. The van der Waals surface area contributed by atoms with Crippen LogP contribution in [0.2, 0.25) is 0 Å². The van der Waals surface area contributed by atoms with Gasteiger partial charge in [0.05, 0.1) is 24.9 Å². The summed E-state index contributed by atoms with van der Waals surface area (Å²) in [6.07, 6.45) is -5.61. The third-order valence-electron chi connectivity index (χ3n) is 5.54. The second-order valence-electron chi connectivity index (χ2n) is 11.5. The first-order chi connectivity index (χ1) is 18.8. The molecule has 0 aliphatic heterocycles. The van der Waals surface area contributed by atoms with Crippen LogP contribution in [-0.2, 0) is 38.1 Å². The van der Waals surface area contributed by atoms with Gasteiger partial charge in [-0.05, 0) is 60.8 Å². The van der Waals surface area contributed by atoms with E-state index in [-0.39, 0.29) is 37.2 Å². The lowest BCUT2D eigenvalue weighted by atomic mass is 9.91. The van der Waals surface area contributed by atoms with E-state index in [1.807, 2.05) is 0 Å². The van der Waals surface area contributed by atoms with E-state index in [9.17, 15) is 32.3 Å². The summed E-state index contributed by atoms with van der Waals surface area (Å²) in [4.78, 5) is 49.2. The smallest absolute Gasteiger partial charge is 0.435 e. The summed E-state index contributed by atoms with van der Waals surface area (Å²) in [6, 6.07) is -2.57. The molecule has 1 atom stereocenters. The fraction of sp³-hybridized carbons (Fsp3) is 0.720. The molecule has 0 fully saturated rings. The van der Waals surface area contributed by atoms with Crippen molar-refractivity contribution in [3.05, 3.63) is 17.0 Å². The number of hydrogen-bond donors (Lipinski definition) is 4. The molecule has 16 heteroatoms. The number of fused-ring (bicyclic) bond motifs is 1. The number of alkyl halides is 3. The number of amides is 4. The van der Waals surface area contributed by atoms with Crippen LogP contribution in [0.4, 0.5) is 27.6 Å². The summed E-state index contributed by atoms with van der Waals surface area (Å²) in [7, 11) is 1.10. The van der Waals surface area contributed by atoms with Crippen molar-refractivity contribution < 1.29 is 46.6 Å². The fourth-order valence-corrected chi connectivity index (χ4v) is 4.05. The molecule has 1 aromatic rings. The second kappa shape index (κ2) is 13.3. The van der Waals surface area contributed by atoms with Crippen LogP contribution >= 0.6 is 0 Å². The molecule has 1 aromatic heterocycles.